The molecule has 1 N–H and O–H groups in total. The van der Waals surface area contributed by atoms with Crippen molar-refractivity contribution in [2.75, 3.05) is 0 Å². The van der Waals surface area contributed by atoms with E-state index in [4.69, 9.17) is 10.9 Å². The molecule has 22 heavy (non-hydrogen) atoms. The highest BCUT2D eigenvalue weighted by atomic mass is 32.1. The van der Waals surface area contributed by atoms with Crippen molar-refractivity contribution in [1.82, 2.24) is 0 Å². The molecule has 116 valence electrons. The Labute approximate surface area is 137 Å². The van der Waals surface area contributed by atoms with Crippen molar-refractivity contribution < 1.29 is 19.2 Å². The molecular formula is C16H17O4PS. The third-order valence-electron chi connectivity index (χ3n) is 2.94. The lowest BCUT2D eigenvalue weighted by Crippen LogP contribution is -2.11. The van der Waals surface area contributed by atoms with Gasteiger partial charge < -0.3 is 14.4 Å². The molecule has 1 aromatic carbocycles. The molecule has 1 unspecified atom stereocenters. The predicted molar refractivity (Wildman–Crippen MR) is 90.9 cm³/mol. The zero-order valence-electron chi connectivity index (χ0n) is 11.9. The Balaban J connectivity index is 2.45. The molecular weight excluding hydrogens is 319 g/mol. The number of phenolic OH excluding ortho intramolecular Hbond substituents is 1. The highest BCUT2D eigenvalue weighted by molar-refractivity contribution is 7.83. The van der Waals surface area contributed by atoms with Crippen LogP contribution in [-0.4, -0.2) is 17.4 Å². The Morgan fingerprint density at radius 3 is 2.68 bits per heavy atom. The van der Waals surface area contributed by atoms with Gasteiger partial charge in [-0.1, -0.05) is 18.1 Å². The zero-order valence-corrected chi connectivity index (χ0v) is 13.8. The Morgan fingerprint density at radius 1 is 1.45 bits per heavy atom. The second-order valence-corrected chi connectivity index (χ2v) is 5.60. The Hall–Kier alpha value is -1.76. The van der Waals surface area contributed by atoms with E-state index in [1.165, 1.54) is 5.41 Å². The summed E-state index contributed by atoms with van der Waals surface area (Å²) < 4.78 is 5.18. The normalized spacial score (nSPS) is 12.8. The molecule has 1 aromatic rings. The minimum atomic E-state index is -0.396. The number of aromatic hydroxyl groups is 1. The van der Waals surface area contributed by atoms with Crippen LogP contribution in [0.15, 0.2) is 35.2 Å². The van der Waals surface area contributed by atoms with E-state index in [2.05, 4.69) is 18.5 Å². The monoisotopic (exact) mass is 336 g/mol. The van der Waals surface area contributed by atoms with Gasteiger partial charge >= 0.3 is 5.97 Å². The maximum absolute atomic E-state index is 11.8. The van der Waals surface area contributed by atoms with E-state index in [0.29, 0.717) is 11.7 Å². The van der Waals surface area contributed by atoms with Gasteiger partial charge in [0.2, 0.25) is 0 Å². The quantitative estimate of drug-likeness (QED) is 0.331. The van der Waals surface area contributed by atoms with Crippen molar-refractivity contribution in [2.45, 2.75) is 19.0 Å². The smallest absolute Gasteiger partial charge is 0.308 e. The predicted octanol–water partition coefficient (Wildman–Crippen LogP) is 3.07. The third kappa shape index (κ3) is 6.34. The van der Waals surface area contributed by atoms with Gasteiger partial charge in [-0.25, -0.2) is 0 Å². The fourth-order valence-corrected chi connectivity index (χ4v) is 2.76. The molecule has 0 heterocycles. The van der Waals surface area contributed by atoms with Crippen LogP contribution >= 0.6 is 21.4 Å². The van der Waals surface area contributed by atoms with Gasteiger partial charge in [-0.2, -0.15) is 12.6 Å². The highest BCUT2D eigenvalue weighted by Crippen LogP contribution is 2.25. The van der Waals surface area contributed by atoms with Crippen LogP contribution in [0.1, 0.15) is 18.4 Å². The number of allylic oxidation sites excluding steroid dienone is 1. The number of carbonyl (C=O) groups is 2. The molecule has 0 fully saturated rings. The lowest BCUT2D eigenvalue weighted by atomic mass is 9.94. The maximum Gasteiger partial charge on any atom is 0.308 e. The van der Waals surface area contributed by atoms with Crippen LogP contribution in [0.4, 0.5) is 0 Å². The first-order chi connectivity index (χ1) is 10.6. The van der Waals surface area contributed by atoms with E-state index in [-0.39, 0.29) is 33.3 Å². The first-order valence-corrected chi connectivity index (χ1v) is 8.18. The number of phenols is 1. The third-order valence-corrected chi connectivity index (χ3v) is 4.14. The molecule has 0 radical (unpaired) electrons. The van der Waals surface area contributed by atoms with Crippen LogP contribution < -0.4 is 0 Å². The molecule has 0 amide bonds. The summed E-state index contributed by atoms with van der Waals surface area (Å²) in [7, 11) is -0.0264. The lowest BCUT2D eigenvalue weighted by molar-refractivity contribution is -0.134. The van der Waals surface area contributed by atoms with E-state index in [1.54, 1.807) is 24.3 Å². The summed E-state index contributed by atoms with van der Waals surface area (Å²) >= 11 is 3.99. The van der Waals surface area contributed by atoms with Gasteiger partial charge in [-0.15, -0.1) is 6.42 Å². The Bertz CT molecular complexity index is 575. The molecule has 1 rings (SSSR count). The van der Waals surface area contributed by atoms with E-state index in [9.17, 15) is 14.7 Å². The summed E-state index contributed by atoms with van der Waals surface area (Å²) in [6.07, 6.45) is 6.84. The molecule has 4 nitrogen and oxygen atoms in total. The highest BCUT2D eigenvalue weighted by Gasteiger charge is 2.17. The van der Waals surface area contributed by atoms with Crippen LogP contribution in [0.5, 0.6) is 5.75 Å². The van der Waals surface area contributed by atoms with Crippen LogP contribution in [0.3, 0.4) is 0 Å². The van der Waals surface area contributed by atoms with Gasteiger partial charge in [0.05, 0.1) is 15.2 Å². The lowest BCUT2D eigenvalue weighted by Gasteiger charge is -2.13. The molecule has 6 heteroatoms. The van der Waals surface area contributed by atoms with Crippen LogP contribution in [0.2, 0.25) is 0 Å². The van der Waals surface area contributed by atoms with E-state index >= 15 is 0 Å². The number of thiol groups is 1. The van der Waals surface area contributed by atoms with Crippen LogP contribution in [-0.2, 0) is 20.3 Å². The zero-order chi connectivity index (χ0) is 16.4. The largest absolute Gasteiger partial charge is 0.508 e. The first-order valence-electron chi connectivity index (χ1n) is 6.55. The Kier molecular flexibility index (Phi) is 8.35. The van der Waals surface area contributed by atoms with E-state index in [1.807, 2.05) is 0 Å². The summed E-state index contributed by atoms with van der Waals surface area (Å²) in [5.41, 5.74) is 1.47. The van der Waals surface area contributed by atoms with Crippen molar-refractivity contribution in [3.05, 3.63) is 40.8 Å². The van der Waals surface area contributed by atoms with Gasteiger partial charge in [0, 0.05) is 24.1 Å². The number of carbonyl (C=O) groups excluding carboxylic acids is 2. The molecule has 0 aliphatic heterocycles. The molecule has 0 bridgehead atoms. The Morgan fingerprint density at radius 2 is 2.14 bits per heavy atom. The summed E-state index contributed by atoms with van der Waals surface area (Å²) in [4.78, 5) is 22.5. The van der Waals surface area contributed by atoms with Crippen LogP contribution in [0.25, 0.3) is 0 Å². The van der Waals surface area contributed by atoms with Crippen molar-refractivity contribution in [3.8, 4) is 18.1 Å². The van der Waals surface area contributed by atoms with Gasteiger partial charge in [0.25, 0.3) is 0 Å². The average molecular weight is 336 g/mol. The SMILES string of the molecule is C#C/C(=C/S)[C@@H](CC=O)CC(=O)OPCc1ccc(O)cc1. The number of benzene rings is 1. The number of hydrogen-bond acceptors (Lipinski definition) is 5. The molecule has 2 atom stereocenters. The number of hydrogen-bond donors (Lipinski definition) is 2. The average Bonchev–Trinajstić information content (AvgIpc) is 2.50. The van der Waals surface area contributed by atoms with E-state index < -0.39 is 5.97 Å². The summed E-state index contributed by atoms with van der Waals surface area (Å²) in [5.74, 6) is 1.86. The van der Waals surface area contributed by atoms with Gasteiger partial charge in [0.15, 0.2) is 0 Å². The summed E-state index contributed by atoms with van der Waals surface area (Å²) in [6, 6.07) is 6.70. The number of aldehydes is 1. The molecule has 0 aromatic heterocycles. The topological polar surface area (TPSA) is 63.6 Å². The molecule has 0 saturated heterocycles. The van der Waals surface area contributed by atoms with Crippen molar-refractivity contribution >= 4 is 33.7 Å². The number of terminal acetylenes is 1. The van der Waals surface area contributed by atoms with Crippen molar-refractivity contribution in [3.63, 3.8) is 0 Å². The van der Waals surface area contributed by atoms with Crippen molar-refractivity contribution in [1.29, 1.82) is 0 Å². The first kappa shape index (κ1) is 18.3. The summed E-state index contributed by atoms with van der Waals surface area (Å²) in [5, 5.41) is 10.6. The van der Waals surface area contributed by atoms with E-state index in [0.717, 1.165) is 11.8 Å². The maximum atomic E-state index is 11.8. The van der Waals surface area contributed by atoms with Crippen LogP contribution in [0, 0.1) is 18.3 Å². The molecule has 0 spiro atoms. The second-order valence-electron chi connectivity index (χ2n) is 4.49. The molecule has 0 aliphatic carbocycles. The fraction of sp³-hybridized carbons (Fsp3) is 0.250. The fourth-order valence-electron chi connectivity index (χ4n) is 1.75. The van der Waals surface area contributed by atoms with Gasteiger partial charge in [-0.05, 0) is 23.1 Å². The van der Waals surface area contributed by atoms with Gasteiger partial charge in [0.1, 0.15) is 12.0 Å². The second kappa shape index (κ2) is 10.0. The van der Waals surface area contributed by atoms with Gasteiger partial charge in [-0.3, -0.25) is 4.79 Å². The molecule has 0 aliphatic rings. The minimum Gasteiger partial charge on any atom is -0.508 e. The van der Waals surface area contributed by atoms with Crippen molar-refractivity contribution in [2.24, 2.45) is 5.92 Å². The standard InChI is InChI=1S/C16H17O4PS/c1-2-13(11-22)14(7-8-17)9-16(19)20-21-10-12-3-5-15(18)6-4-12/h1,3-6,8,11,14,18,21-22H,7,9-10H2/b13-11-/t14-/m0/s1. The number of rotatable bonds is 8. The minimum absolute atomic E-state index is 0.0264. The summed E-state index contributed by atoms with van der Waals surface area (Å²) in [6.45, 7) is 0. The molecule has 0 saturated carbocycles.